The molecule has 0 bridgehead atoms. The van der Waals surface area contributed by atoms with E-state index in [4.69, 9.17) is 0 Å². The highest BCUT2D eigenvalue weighted by Gasteiger charge is 2.18. The Hall–Kier alpha value is -3.55. The van der Waals surface area contributed by atoms with Gasteiger partial charge in [-0.15, -0.1) is 0 Å². The molecule has 0 unspecified atom stereocenters. The standard InChI is InChI=1S/C24H21N3O3S/c1-17-12-13-20(31(29,30)26-16-18-7-3-2-4-8-18)15-21(17)24(28)27-22-11-5-9-19-10-6-14-25-23(19)22/h2-15,26H,16H2,1H3,(H,27,28). The molecule has 1 amide bonds. The molecule has 0 atom stereocenters. The number of benzene rings is 3. The molecule has 1 aromatic heterocycles. The van der Waals surface area contributed by atoms with Crippen LogP contribution in [0.15, 0.2) is 90.0 Å². The molecule has 4 rings (SSSR count). The second-order valence-electron chi connectivity index (χ2n) is 7.12. The van der Waals surface area contributed by atoms with Crippen molar-refractivity contribution in [2.24, 2.45) is 0 Å². The molecule has 7 heteroatoms. The molecule has 31 heavy (non-hydrogen) atoms. The summed E-state index contributed by atoms with van der Waals surface area (Å²) >= 11 is 0. The largest absolute Gasteiger partial charge is 0.320 e. The molecule has 6 nitrogen and oxygen atoms in total. The van der Waals surface area contributed by atoms with Gasteiger partial charge in [-0.05, 0) is 42.3 Å². The predicted molar refractivity (Wildman–Crippen MR) is 121 cm³/mol. The maximum atomic E-state index is 13.0. The van der Waals surface area contributed by atoms with E-state index < -0.39 is 15.9 Å². The fourth-order valence-electron chi connectivity index (χ4n) is 3.27. The Balaban J connectivity index is 1.59. The minimum absolute atomic E-state index is 0.0372. The van der Waals surface area contributed by atoms with Crippen molar-refractivity contribution in [2.45, 2.75) is 18.4 Å². The summed E-state index contributed by atoms with van der Waals surface area (Å²) in [5.41, 5.74) is 3.05. The van der Waals surface area contributed by atoms with Crippen LogP contribution < -0.4 is 10.0 Å². The molecule has 0 fully saturated rings. The van der Waals surface area contributed by atoms with Crippen LogP contribution in [0.1, 0.15) is 21.5 Å². The number of amides is 1. The highest BCUT2D eigenvalue weighted by Crippen LogP contribution is 2.23. The maximum Gasteiger partial charge on any atom is 0.256 e. The van der Waals surface area contributed by atoms with Crippen LogP contribution in [-0.2, 0) is 16.6 Å². The summed E-state index contributed by atoms with van der Waals surface area (Å²) in [4.78, 5) is 17.4. The first-order valence-electron chi connectivity index (χ1n) is 9.73. The van der Waals surface area contributed by atoms with Gasteiger partial charge in [-0.3, -0.25) is 9.78 Å². The number of nitrogens with one attached hydrogen (secondary N) is 2. The second-order valence-corrected chi connectivity index (χ2v) is 8.89. The molecule has 3 aromatic carbocycles. The Kier molecular flexibility index (Phi) is 5.79. The van der Waals surface area contributed by atoms with Crippen molar-refractivity contribution in [1.29, 1.82) is 0 Å². The Bertz CT molecular complexity index is 1350. The van der Waals surface area contributed by atoms with Gasteiger partial charge < -0.3 is 5.32 Å². The first kappa shape index (κ1) is 20.7. The molecule has 4 aromatic rings. The average molecular weight is 432 g/mol. The molecule has 2 N–H and O–H groups in total. The second kappa shape index (κ2) is 8.67. The third-order valence-electron chi connectivity index (χ3n) is 4.95. The lowest BCUT2D eigenvalue weighted by atomic mass is 10.1. The molecule has 0 aliphatic rings. The number of fused-ring (bicyclic) bond motifs is 1. The summed E-state index contributed by atoms with van der Waals surface area (Å²) < 4.78 is 28.1. The van der Waals surface area contributed by atoms with Gasteiger partial charge in [0.2, 0.25) is 10.0 Å². The number of pyridine rings is 1. The predicted octanol–water partition coefficient (Wildman–Crippen LogP) is 4.27. The zero-order valence-corrected chi connectivity index (χ0v) is 17.7. The number of rotatable bonds is 6. The third-order valence-corrected chi connectivity index (χ3v) is 6.35. The lowest BCUT2D eigenvalue weighted by molar-refractivity contribution is 0.102. The Morgan fingerprint density at radius 1 is 0.935 bits per heavy atom. The van der Waals surface area contributed by atoms with E-state index in [0.29, 0.717) is 16.8 Å². The lowest BCUT2D eigenvalue weighted by Gasteiger charge is -2.12. The number of aryl methyl sites for hydroxylation is 1. The van der Waals surface area contributed by atoms with Gasteiger partial charge in [0, 0.05) is 23.7 Å². The average Bonchev–Trinajstić information content (AvgIpc) is 2.79. The van der Waals surface area contributed by atoms with Crippen molar-refractivity contribution in [3.05, 3.63) is 102 Å². The number of carbonyl (C=O) groups excluding carboxylic acids is 1. The quantitative estimate of drug-likeness (QED) is 0.477. The summed E-state index contributed by atoms with van der Waals surface area (Å²) in [6, 6.07) is 23.0. The van der Waals surface area contributed by atoms with E-state index in [1.165, 1.54) is 12.1 Å². The van der Waals surface area contributed by atoms with Crippen molar-refractivity contribution in [3.63, 3.8) is 0 Å². The van der Waals surface area contributed by atoms with Crippen LogP contribution in [0.4, 0.5) is 5.69 Å². The summed E-state index contributed by atoms with van der Waals surface area (Å²) in [7, 11) is -3.78. The van der Waals surface area contributed by atoms with Crippen molar-refractivity contribution in [2.75, 3.05) is 5.32 Å². The lowest BCUT2D eigenvalue weighted by Crippen LogP contribution is -2.24. The molecular weight excluding hydrogens is 410 g/mol. The number of hydrogen-bond donors (Lipinski definition) is 2. The highest BCUT2D eigenvalue weighted by atomic mass is 32.2. The Morgan fingerprint density at radius 3 is 2.52 bits per heavy atom. The number of aromatic nitrogens is 1. The van der Waals surface area contributed by atoms with Gasteiger partial charge >= 0.3 is 0 Å². The van der Waals surface area contributed by atoms with E-state index in [0.717, 1.165) is 10.9 Å². The number of carbonyl (C=O) groups is 1. The van der Waals surface area contributed by atoms with Crippen molar-refractivity contribution >= 4 is 32.5 Å². The SMILES string of the molecule is Cc1ccc(S(=O)(=O)NCc2ccccc2)cc1C(=O)Nc1cccc2cccnc12. The maximum absolute atomic E-state index is 13.0. The van der Waals surface area contributed by atoms with E-state index in [-0.39, 0.29) is 17.0 Å². The molecule has 0 aliphatic carbocycles. The van der Waals surface area contributed by atoms with Crippen LogP contribution >= 0.6 is 0 Å². The molecule has 1 heterocycles. The van der Waals surface area contributed by atoms with Gasteiger partial charge in [0.25, 0.3) is 5.91 Å². The van der Waals surface area contributed by atoms with Crippen molar-refractivity contribution in [3.8, 4) is 0 Å². The zero-order chi connectivity index (χ0) is 21.8. The smallest absolute Gasteiger partial charge is 0.256 e. The molecule has 0 saturated carbocycles. The summed E-state index contributed by atoms with van der Waals surface area (Å²) in [6.07, 6.45) is 1.66. The number of sulfonamides is 1. The zero-order valence-electron chi connectivity index (χ0n) is 16.9. The Labute approximate surface area is 181 Å². The third kappa shape index (κ3) is 4.63. The number of hydrogen-bond acceptors (Lipinski definition) is 4. The van der Waals surface area contributed by atoms with Crippen molar-refractivity contribution in [1.82, 2.24) is 9.71 Å². The molecule has 0 saturated heterocycles. The van der Waals surface area contributed by atoms with Gasteiger partial charge in [-0.2, -0.15) is 0 Å². The van der Waals surface area contributed by atoms with E-state index in [1.54, 1.807) is 25.3 Å². The Morgan fingerprint density at radius 2 is 1.71 bits per heavy atom. The van der Waals surface area contributed by atoms with E-state index in [1.807, 2.05) is 54.6 Å². The normalized spacial score (nSPS) is 11.4. The fourth-order valence-corrected chi connectivity index (χ4v) is 4.31. The molecule has 0 aliphatic heterocycles. The number of nitrogens with zero attached hydrogens (tertiary/aromatic N) is 1. The van der Waals surface area contributed by atoms with Crippen LogP contribution in [0.2, 0.25) is 0 Å². The van der Waals surface area contributed by atoms with Crippen LogP contribution in [0.5, 0.6) is 0 Å². The van der Waals surface area contributed by atoms with E-state index in [2.05, 4.69) is 15.0 Å². The van der Waals surface area contributed by atoms with Crippen LogP contribution in [0, 0.1) is 6.92 Å². The van der Waals surface area contributed by atoms with Gasteiger partial charge in [0.15, 0.2) is 0 Å². The summed E-state index contributed by atoms with van der Waals surface area (Å²) in [6.45, 7) is 1.93. The van der Waals surface area contributed by atoms with Gasteiger partial charge in [0.05, 0.1) is 16.1 Å². The first-order valence-corrected chi connectivity index (χ1v) is 11.2. The van der Waals surface area contributed by atoms with Crippen LogP contribution in [0.3, 0.4) is 0 Å². The minimum atomic E-state index is -3.78. The summed E-state index contributed by atoms with van der Waals surface area (Å²) in [5, 5.41) is 3.76. The van der Waals surface area contributed by atoms with Crippen molar-refractivity contribution < 1.29 is 13.2 Å². The van der Waals surface area contributed by atoms with Gasteiger partial charge in [-0.25, -0.2) is 13.1 Å². The number of anilines is 1. The van der Waals surface area contributed by atoms with E-state index >= 15 is 0 Å². The molecule has 0 radical (unpaired) electrons. The highest BCUT2D eigenvalue weighted by molar-refractivity contribution is 7.89. The monoisotopic (exact) mass is 431 g/mol. The topological polar surface area (TPSA) is 88.2 Å². The molecule has 0 spiro atoms. The van der Waals surface area contributed by atoms with Crippen LogP contribution in [-0.4, -0.2) is 19.3 Å². The fraction of sp³-hybridized carbons (Fsp3) is 0.0833. The van der Waals surface area contributed by atoms with Gasteiger partial charge in [0.1, 0.15) is 0 Å². The summed E-state index contributed by atoms with van der Waals surface area (Å²) in [5.74, 6) is -0.393. The number of para-hydroxylation sites is 1. The van der Waals surface area contributed by atoms with E-state index in [9.17, 15) is 13.2 Å². The molecule has 156 valence electrons. The van der Waals surface area contributed by atoms with Gasteiger partial charge in [-0.1, -0.05) is 54.6 Å². The van der Waals surface area contributed by atoms with Crippen LogP contribution in [0.25, 0.3) is 10.9 Å². The minimum Gasteiger partial charge on any atom is -0.320 e. The molecular formula is C24H21N3O3S. The first-order chi connectivity index (χ1) is 14.9.